The van der Waals surface area contributed by atoms with Crippen LogP contribution in [0, 0.1) is 5.82 Å². The number of rotatable bonds is 17. The first-order valence-corrected chi connectivity index (χ1v) is 21.6. The summed E-state index contributed by atoms with van der Waals surface area (Å²) in [5.41, 5.74) is -0.769. The van der Waals surface area contributed by atoms with Gasteiger partial charge in [-0.15, -0.1) is 0 Å². The van der Waals surface area contributed by atoms with Gasteiger partial charge >= 0.3 is 18.2 Å². The highest BCUT2D eigenvalue weighted by atomic mass is 32.2. The number of ether oxygens (including phenoxy) is 3. The lowest BCUT2D eigenvalue weighted by atomic mass is 10.1. The lowest BCUT2D eigenvalue weighted by molar-refractivity contribution is -0.152. The maximum atomic E-state index is 15.4. The molecule has 0 radical (unpaired) electrons. The Morgan fingerprint density at radius 1 is 0.981 bits per heavy atom. The molecule has 1 N–H and O–H groups in total. The normalized spacial score (nSPS) is 13.3. The number of anilines is 1. The fourth-order valence-electron chi connectivity index (χ4n) is 5.86. The summed E-state index contributed by atoms with van der Waals surface area (Å²) in [5.74, 6) is -1.40. The topological polar surface area (TPSA) is 173 Å². The van der Waals surface area contributed by atoms with Crippen molar-refractivity contribution in [3.63, 3.8) is 0 Å². The summed E-state index contributed by atoms with van der Waals surface area (Å²) in [4.78, 5) is 39.7. The number of carbonyl (C=O) groups excluding carboxylic acids is 2. The average Bonchev–Trinajstić information content (AvgIpc) is 3.46. The number of nitrogens with zero attached hydrogens (tertiary/aromatic N) is 4. The Morgan fingerprint density at radius 3 is 2.15 bits per heavy atom. The molecule has 3 rings (SSSR count). The number of amides is 1. The molecule has 54 heavy (non-hydrogen) atoms. The molecule has 0 fully saturated rings. The molecule has 17 heteroatoms. The minimum atomic E-state index is -3.05. The average molecular weight is 794 g/mol. The number of aryl methyl sites for hydroxylation is 1. The van der Waals surface area contributed by atoms with E-state index in [1.807, 2.05) is 27.7 Å². The van der Waals surface area contributed by atoms with Crippen molar-refractivity contribution in [1.82, 2.24) is 14.7 Å². The fourth-order valence-corrected chi connectivity index (χ4v) is 9.18. The van der Waals surface area contributed by atoms with Gasteiger partial charge in [-0.05, 0) is 95.9 Å². The van der Waals surface area contributed by atoms with Gasteiger partial charge in [0.15, 0.2) is 8.32 Å². The third-order valence-electron chi connectivity index (χ3n) is 8.72. The van der Waals surface area contributed by atoms with Gasteiger partial charge < -0.3 is 33.2 Å². The first-order valence-electron chi connectivity index (χ1n) is 18.1. The predicted molar refractivity (Wildman–Crippen MR) is 205 cm³/mol. The molecule has 0 spiro atoms. The molecule has 0 bridgehead atoms. The van der Waals surface area contributed by atoms with Crippen LogP contribution in [0.1, 0.15) is 86.6 Å². The second-order valence-corrected chi connectivity index (χ2v) is 20.4. The van der Waals surface area contributed by atoms with Crippen molar-refractivity contribution in [2.75, 3.05) is 30.5 Å². The zero-order chi connectivity index (χ0) is 40.6. The highest BCUT2D eigenvalue weighted by Gasteiger charge is 2.35. The van der Waals surface area contributed by atoms with Crippen molar-refractivity contribution in [3.8, 4) is 5.75 Å². The van der Waals surface area contributed by atoms with Crippen LogP contribution in [-0.2, 0) is 36.4 Å². The van der Waals surface area contributed by atoms with Crippen molar-refractivity contribution in [2.45, 2.75) is 111 Å². The summed E-state index contributed by atoms with van der Waals surface area (Å²) >= 11 is -3.05. The Labute approximate surface area is 320 Å². The summed E-state index contributed by atoms with van der Waals surface area (Å²) in [6, 6.07) is 11.1. The van der Waals surface area contributed by atoms with E-state index >= 15 is 4.39 Å². The number of fused-ring (bicyclic) bond motifs is 1. The largest absolute Gasteiger partial charge is 0.755 e. The Bertz CT molecular complexity index is 1800. The number of carbonyl (C=O) groups is 3. The second-order valence-electron chi connectivity index (χ2n) is 14.8. The molecule has 0 saturated heterocycles. The third-order valence-corrected chi connectivity index (χ3v) is 14.1. The van der Waals surface area contributed by atoms with Crippen LogP contribution in [0.15, 0.2) is 36.4 Å². The molecule has 0 aliphatic carbocycles. The van der Waals surface area contributed by atoms with Crippen molar-refractivity contribution >= 4 is 54.3 Å². The zero-order valence-corrected chi connectivity index (χ0v) is 34.7. The highest BCUT2D eigenvalue weighted by molar-refractivity contribution is 7.80. The van der Waals surface area contributed by atoms with Crippen LogP contribution in [0.25, 0.3) is 10.9 Å². The predicted octanol–water partition coefficient (Wildman–Crippen LogP) is 7.59. The van der Waals surface area contributed by atoms with Crippen molar-refractivity contribution in [1.29, 1.82) is 0 Å². The maximum absolute atomic E-state index is 15.4. The van der Waals surface area contributed by atoms with E-state index in [1.54, 1.807) is 59.7 Å². The van der Waals surface area contributed by atoms with Crippen LogP contribution in [0.4, 0.5) is 19.7 Å². The van der Waals surface area contributed by atoms with Crippen molar-refractivity contribution < 1.29 is 51.3 Å². The summed E-state index contributed by atoms with van der Waals surface area (Å²) in [6.07, 6.45) is -2.23. The van der Waals surface area contributed by atoms with E-state index in [2.05, 4.69) is 5.10 Å². The van der Waals surface area contributed by atoms with E-state index in [1.165, 1.54) is 17.0 Å². The van der Waals surface area contributed by atoms with E-state index in [0.29, 0.717) is 38.6 Å². The van der Waals surface area contributed by atoms with Gasteiger partial charge in [-0.3, -0.25) is 13.3 Å². The molecule has 0 aliphatic heterocycles. The number of halogens is 1. The fraction of sp³-hybridized carbons (Fsp3) is 0.568. The molecule has 0 saturated carbocycles. The minimum Gasteiger partial charge on any atom is -0.755 e. The molecule has 2 unspecified atom stereocenters. The summed E-state index contributed by atoms with van der Waals surface area (Å²) in [7, 11) is -2.44. The first-order chi connectivity index (χ1) is 25.2. The van der Waals surface area contributed by atoms with Crippen LogP contribution < -0.4 is 9.04 Å². The van der Waals surface area contributed by atoms with E-state index in [-0.39, 0.29) is 25.4 Å². The van der Waals surface area contributed by atoms with Crippen LogP contribution in [-0.4, -0.2) is 92.5 Å². The summed E-state index contributed by atoms with van der Waals surface area (Å²) in [6.45, 7) is 17.2. The molecular weight excluding hydrogens is 740 g/mol. The molecule has 1 amide bonds. The molecule has 2 atom stereocenters. The van der Waals surface area contributed by atoms with E-state index in [9.17, 15) is 28.3 Å². The number of esters is 1. The van der Waals surface area contributed by atoms with E-state index in [0.717, 1.165) is 28.9 Å². The highest BCUT2D eigenvalue weighted by Crippen LogP contribution is 2.34. The van der Waals surface area contributed by atoms with Gasteiger partial charge in [-0.25, -0.2) is 14.0 Å². The molecule has 300 valence electrons. The summed E-state index contributed by atoms with van der Waals surface area (Å²) < 4.78 is 65.7. The molecule has 0 aliphatic rings. The standard InChI is InChI=1S/C37H55FN4O10SSi/c1-11-29-27-17-16-26(22-30(27)42(39-29)34(44)45)49-20-19-40(35(46)51-37(8,9)10)23-32(52-54(12-2,13-3)14-4)25-15-18-28(38)31(21-25)41(53(47)48)24-33(43)50-36(5,6)7/h15-18,21-22,32H,11-14,19-20,23-24H2,1-10H3,(H,44,45)(H,47,48)/p-1. The van der Waals surface area contributed by atoms with Gasteiger partial charge in [-0.2, -0.15) is 9.78 Å². The molecular formula is C37H54FN4O10SSi-. The van der Waals surface area contributed by atoms with Crippen LogP contribution in [0.3, 0.4) is 0 Å². The number of benzene rings is 2. The lowest BCUT2D eigenvalue weighted by Crippen LogP contribution is -2.45. The zero-order valence-electron chi connectivity index (χ0n) is 32.9. The van der Waals surface area contributed by atoms with Gasteiger partial charge in [0.1, 0.15) is 35.9 Å². The minimum absolute atomic E-state index is 0.00748. The van der Waals surface area contributed by atoms with Crippen LogP contribution in [0.2, 0.25) is 18.1 Å². The summed E-state index contributed by atoms with van der Waals surface area (Å²) in [5, 5.41) is 14.6. The second kappa shape index (κ2) is 18.5. The van der Waals surface area contributed by atoms with E-state index < -0.39 is 67.4 Å². The SMILES string of the molecule is CCc1nn(C(=O)O)c2cc(OCCN(CC(O[Si](CC)(CC)CC)c3ccc(F)c(N(CC(=O)OC(C)(C)C)S(=O)[O-])c3)C(=O)OC(C)(C)C)ccc12. The van der Waals surface area contributed by atoms with Gasteiger partial charge in [0, 0.05) is 22.7 Å². The number of hydrogen-bond acceptors (Lipinski definition) is 10. The quantitative estimate of drug-likeness (QED) is 0.0811. The number of carboxylic acid groups (broad SMARTS) is 1. The Morgan fingerprint density at radius 2 is 1.61 bits per heavy atom. The van der Waals surface area contributed by atoms with Gasteiger partial charge in [0.25, 0.3) is 0 Å². The van der Waals surface area contributed by atoms with Crippen LogP contribution in [0.5, 0.6) is 5.75 Å². The number of aromatic nitrogens is 2. The van der Waals surface area contributed by atoms with Crippen molar-refractivity contribution in [2.24, 2.45) is 0 Å². The van der Waals surface area contributed by atoms with Crippen LogP contribution >= 0.6 is 0 Å². The third kappa shape index (κ3) is 12.0. The maximum Gasteiger partial charge on any atom is 0.432 e. The molecule has 1 aromatic heterocycles. The number of hydrogen-bond donors (Lipinski definition) is 1. The van der Waals surface area contributed by atoms with Gasteiger partial charge in [0.05, 0.1) is 36.1 Å². The molecule has 14 nitrogen and oxygen atoms in total. The Balaban J connectivity index is 2.03. The Hall–Kier alpha value is -4.06. The molecule has 2 aromatic carbocycles. The van der Waals surface area contributed by atoms with Crippen molar-refractivity contribution in [3.05, 3.63) is 53.5 Å². The van der Waals surface area contributed by atoms with Gasteiger partial charge in [-0.1, -0.05) is 33.8 Å². The lowest BCUT2D eigenvalue weighted by Gasteiger charge is -2.37. The molecule has 1 heterocycles. The first kappa shape index (κ1) is 44.3. The Kier molecular flexibility index (Phi) is 15.2. The molecule has 3 aromatic rings. The van der Waals surface area contributed by atoms with E-state index in [4.69, 9.17) is 18.6 Å². The van der Waals surface area contributed by atoms with Gasteiger partial charge in [0.2, 0.25) is 0 Å². The smallest absolute Gasteiger partial charge is 0.432 e. The monoisotopic (exact) mass is 793 g/mol.